The summed E-state index contributed by atoms with van der Waals surface area (Å²) < 4.78 is 11.1. The average Bonchev–Trinajstić information content (AvgIpc) is 1.80. The maximum absolute atomic E-state index is 15.0. The zero-order valence-corrected chi connectivity index (χ0v) is 54.1. The number of carbonyl (C=O) groups is 12. The molecule has 1 fully saturated rings. The van der Waals surface area contributed by atoms with Gasteiger partial charge in [0.2, 0.25) is 53.2 Å². The van der Waals surface area contributed by atoms with Crippen LogP contribution in [0.15, 0.2) is 72.4 Å². The summed E-state index contributed by atoms with van der Waals surface area (Å²) in [6.45, 7) is 5.26. The molecule has 3 aliphatic rings. The van der Waals surface area contributed by atoms with E-state index >= 15 is 0 Å². The van der Waals surface area contributed by atoms with Gasteiger partial charge in [-0.05, 0) is 64.7 Å². The van der Waals surface area contributed by atoms with Crippen molar-refractivity contribution in [2.45, 2.75) is 197 Å². The van der Waals surface area contributed by atoms with Crippen molar-refractivity contribution >= 4 is 70.9 Å². The Morgan fingerprint density at radius 3 is 2.18 bits per heavy atom. The summed E-state index contributed by atoms with van der Waals surface area (Å²) in [7, 11) is 0. The van der Waals surface area contributed by atoms with E-state index in [-0.39, 0.29) is 22.5 Å². The minimum absolute atomic E-state index is 0.00419. The van der Waals surface area contributed by atoms with Crippen LogP contribution in [0.4, 0.5) is 0 Å². The van der Waals surface area contributed by atoms with Gasteiger partial charge in [0, 0.05) is 30.5 Å². The lowest BCUT2D eigenvalue weighted by molar-refractivity contribution is -0.283. The zero-order chi connectivity index (χ0) is 71.8. The Kier molecular flexibility index (Phi) is 30.4. The van der Waals surface area contributed by atoms with Crippen LogP contribution < -0.4 is 64.6 Å². The molecule has 0 radical (unpaired) electrons. The number of nitrogens with two attached hydrogens (primary N) is 2. The first-order valence-corrected chi connectivity index (χ1v) is 31.4. The van der Waals surface area contributed by atoms with Crippen molar-refractivity contribution in [3.8, 4) is 17.0 Å². The molecular formula is C62H88N14O21. The third-order valence-corrected chi connectivity index (χ3v) is 15.7. The number of aliphatic hydroxyl groups excluding tert-OH is 6. The molecule has 1 aromatic heterocycles. The number of hydrogen-bond donors (Lipinski definition) is 20. The average molecular weight is 1370 g/mol. The number of aromatic hydroxyl groups is 1. The number of allylic oxidation sites excluding steroid dienone is 5. The van der Waals surface area contributed by atoms with Gasteiger partial charge < -0.3 is 115 Å². The van der Waals surface area contributed by atoms with Crippen LogP contribution in [-0.2, 0) is 79.8 Å². The maximum atomic E-state index is 15.0. The van der Waals surface area contributed by atoms with Crippen molar-refractivity contribution < 1.29 is 103 Å². The van der Waals surface area contributed by atoms with E-state index in [1.807, 2.05) is 6.08 Å². The number of aromatic amines is 1. The number of phenols is 1. The lowest BCUT2D eigenvalue weighted by Gasteiger charge is -2.36. The van der Waals surface area contributed by atoms with Crippen LogP contribution >= 0.6 is 0 Å². The summed E-state index contributed by atoms with van der Waals surface area (Å²) in [5.74, 6) is -15.2. The zero-order valence-electron chi connectivity index (χ0n) is 54.1. The summed E-state index contributed by atoms with van der Waals surface area (Å²) in [6, 6.07) is -9.64. The molecule has 0 spiro atoms. The molecule has 4 heterocycles. The molecule has 0 saturated carbocycles. The topological polar surface area (TPSA) is 566 Å². The number of aliphatic hydroxyl groups is 6. The van der Waals surface area contributed by atoms with Crippen LogP contribution in [0.2, 0.25) is 0 Å². The highest BCUT2D eigenvalue weighted by Gasteiger charge is 2.43. The SMILES string of the molecule is CC=C1NC(=O)C2Cc3ccc(O)c(c3)-c3nc[nH]c3CC(NC(=O)C(CCC(N)=O)NC(=O)CNC(=O)C(C(O)CC(N)=O)NC1=O)C(=O)NC(C)C(NC(=O)C(=CC)NC(=O)C(O)C(C=CC=CCCCCCCC)OC1OCC(O)C(O)C1O)C(=O)NC(C(C)O)C(=O)N2. The summed E-state index contributed by atoms with van der Waals surface area (Å²) >= 11 is 0. The number of carbonyl (C=O) groups excluding carboxylic acids is 12. The van der Waals surface area contributed by atoms with E-state index in [0.29, 0.717) is 6.42 Å². The van der Waals surface area contributed by atoms with Gasteiger partial charge in [0.15, 0.2) is 12.4 Å². The minimum atomic E-state index is -2.25. The first-order chi connectivity index (χ1) is 46.0. The highest BCUT2D eigenvalue weighted by atomic mass is 16.7. The fourth-order valence-corrected chi connectivity index (χ4v) is 10.2. The highest BCUT2D eigenvalue weighted by Crippen LogP contribution is 2.32. The van der Waals surface area contributed by atoms with Gasteiger partial charge in [0.1, 0.15) is 77.8 Å². The Bertz CT molecular complexity index is 3300. The number of hydrogen-bond acceptors (Lipinski definition) is 22. The molecule has 97 heavy (non-hydrogen) atoms. The molecule has 22 N–H and O–H groups in total. The number of H-pyrrole nitrogens is 1. The van der Waals surface area contributed by atoms with Crippen molar-refractivity contribution in [2.75, 3.05) is 13.2 Å². The number of primary amides is 2. The molecule has 0 aliphatic carbocycles. The number of imidazole rings is 1. The normalized spacial score (nSPS) is 26.3. The van der Waals surface area contributed by atoms with Crippen LogP contribution in [-0.4, -0.2) is 221 Å². The number of ether oxygens (including phenoxy) is 2. The number of phenolic OH excluding ortho intramolecular Hbond substituents is 1. The Hall–Kier alpha value is -9.49. The molecule has 1 saturated heterocycles. The van der Waals surface area contributed by atoms with Gasteiger partial charge in [-0.1, -0.05) is 75.1 Å². The van der Waals surface area contributed by atoms with E-state index in [2.05, 4.69) is 70.1 Å². The van der Waals surface area contributed by atoms with E-state index < -0.39 is 225 Å². The molecule has 3 aliphatic heterocycles. The molecule has 532 valence electrons. The van der Waals surface area contributed by atoms with Crippen molar-refractivity contribution in [1.29, 1.82) is 0 Å². The highest BCUT2D eigenvalue weighted by molar-refractivity contribution is 6.04. The molecule has 1 aromatic carbocycles. The first kappa shape index (κ1) is 78.2. The predicted molar refractivity (Wildman–Crippen MR) is 339 cm³/mol. The Labute approximate surface area is 556 Å². The van der Waals surface area contributed by atoms with Crippen LogP contribution in [0.5, 0.6) is 5.75 Å². The minimum Gasteiger partial charge on any atom is -0.507 e. The number of unbranched alkanes of at least 4 members (excludes halogenated alkanes) is 5. The second-order valence-corrected chi connectivity index (χ2v) is 23.3. The Balaban J connectivity index is 1.63. The molecule has 35 nitrogen and oxygen atoms in total. The number of nitrogens with one attached hydrogen (secondary N) is 11. The van der Waals surface area contributed by atoms with E-state index in [9.17, 15) is 93.3 Å². The first-order valence-electron chi connectivity index (χ1n) is 31.4. The van der Waals surface area contributed by atoms with Crippen molar-refractivity contribution in [3.05, 3.63) is 83.6 Å². The summed E-state index contributed by atoms with van der Waals surface area (Å²) in [6.07, 6.45) is -3.03. The smallest absolute Gasteiger partial charge is 0.268 e. The largest absolute Gasteiger partial charge is 0.507 e. The maximum Gasteiger partial charge on any atom is 0.268 e. The number of aromatic nitrogens is 2. The molecule has 5 rings (SSSR count). The molecule has 2 aromatic rings. The molecule has 35 heteroatoms. The van der Waals surface area contributed by atoms with E-state index in [1.165, 1.54) is 44.2 Å². The lowest BCUT2D eigenvalue weighted by Crippen LogP contribution is -2.64. The molecule has 12 amide bonds. The molecule has 15 atom stereocenters. The van der Waals surface area contributed by atoms with Crippen LogP contribution in [0.25, 0.3) is 11.3 Å². The third kappa shape index (κ3) is 23.1. The fraction of sp³-hybridized carbons (Fsp3) is 0.532. The number of fused-ring (bicyclic) bond motifs is 2. The van der Waals surface area contributed by atoms with Gasteiger partial charge in [-0.15, -0.1) is 0 Å². The number of rotatable bonds is 22. The fourth-order valence-electron chi connectivity index (χ4n) is 10.2. The lowest BCUT2D eigenvalue weighted by atomic mass is 9.97. The van der Waals surface area contributed by atoms with Crippen LogP contribution in [0.3, 0.4) is 0 Å². The molecule has 15 unspecified atom stereocenters. The van der Waals surface area contributed by atoms with E-state index in [1.54, 1.807) is 6.08 Å². The monoisotopic (exact) mass is 1360 g/mol. The van der Waals surface area contributed by atoms with Gasteiger partial charge in [-0.25, -0.2) is 4.98 Å². The van der Waals surface area contributed by atoms with Crippen molar-refractivity contribution in [1.82, 2.24) is 63.1 Å². The number of nitrogens with zero attached hydrogens (tertiary/aromatic N) is 1. The number of amides is 12. The van der Waals surface area contributed by atoms with Crippen molar-refractivity contribution in [2.24, 2.45) is 11.5 Å². The summed E-state index contributed by atoms with van der Waals surface area (Å²) in [5, 5.41) is 99.7. The van der Waals surface area contributed by atoms with Gasteiger partial charge >= 0.3 is 0 Å². The molecular weight excluding hydrogens is 1280 g/mol. The third-order valence-electron chi connectivity index (χ3n) is 15.7. The Morgan fingerprint density at radius 2 is 1.51 bits per heavy atom. The van der Waals surface area contributed by atoms with Gasteiger partial charge in [0.25, 0.3) is 17.7 Å². The van der Waals surface area contributed by atoms with Gasteiger partial charge in [0.05, 0.1) is 49.8 Å². The quantitative estimate of drug-likeness (QED) is 0.0296. The van der Waals surface area contributed by atoms with Gasteiger partial charge in [-0.3, -0.25) is 57.5 Å². The van der Waals surface area contributed by atoms with Gasteiger partial charge in [-0.2, -0.15) is 0 Å². The van der Waals surface area contributed by atoms with Crippen LogP contribution in [0.1, 0.15) is 104 Å². The Morgan fingerprint density at radius 1 is 0.804 bits per heavy atom. The summed E-state index contributed by atoms with van der Waals surface area (Å²) in [5.41, 5.74) is 9.41. The second-order valence-electron chi connectivity index (χ2n) is 23.3. The van der Waals surface area contributed by atoms with Crippen LogP contribution in [0, 0.1) is 0 Å². The number of benzene rings is 1. The summed E-state index contributed by atoms with van der Waals surface area (Å²) in [4.78, 5) is 175. The molecule has 4 bridgehead atoms. The van der Waals surface area contributed by atoms with E-state index in [0.717, 1.165) is 64.4 Å². The second kappa shape index (κ2) is 37.7. The van der Waals surface area contributed by atoms with E-state index in [4.69, 9.17) is 20.9 Å². The predicted octanol–water partition coefficient (Wildman–Crippen LogP) is -6.00. The van der Waals surface area contributed by atoms with Crippen molar-refractivity contribution in [3.63, 3.8) is 0 Å². The standard InChI is InChI=1S/C62H88N14O21/c1-6-9-10-11-12-13-14-15-16-17-42(97-62-52(86)50(84)41(80)27-96-62)51(85)61(95)71-34(8-3)53(87)74-46-29(4)68-56(90)38-24-36-48(67-28-66-36)32-22-31(18-20-39(32)78)23-37(73-60(94)47(30(5)77)75-59(46)93)57(91)70-33(7-2)54(88)76-49(40(79)25-44(64)82)58(92)65-26-45(83)69-35(55(89)72-38)19-21-43(63)81/h7-8,14-18,20,22,28-30,35,37-38,40-42,46-47,49-52,62,77-80,84-86H,6,9-13,19,21,23-27H2,1-5H3,(H2,63,81)(H2,64,82)(H,65,92)(H,66,67)(H,68,90)(H,69,83)(H,70,91)(H,71,95)(H,72,89)(H,73,94)(H,74,87)(H,75,93)(H,76,88).